The molecule has 3 rings (SSSR count). The van der Waals surface area contributed by atoms with Crippen molar-refractivity contribution in [3.8, 4) is 0 Å². The van der Waals surface area contributed by atoms with Gasteiger partial charge in [0.25, 0.3) is 5.91 Å². The lowest BCUT2D eigenvalue weighted by Crippen LogP contribution is -2.34. The first-order valence-electron chi connectivity index (χ1n) is 7.61. The number of nitrogens with one attached hydrogen (secondary N) is 2. The number of hydrogen-bond acceptors (Lipinski definition) is 2. The van der Waals surface area contributed by atoms with Gasteiger partial charge < -0.3 is 9.88 Å². The molecule has 0 atom stereocenters. The third-order valence-corrected chi connectivity index (χ3v) is 3.84. The number of rotatable bonds is 2. The first-order chi connectivity index (χ1) is 12.7. The molecule has 9 heteroatoms. The fraction of sp³-hybridized carbons (Fsp3) is 0.111. The number of hydrogen-bond donors (Lipinski definition) is 2. The van der Waals surface area contributed by atoms with Crippen LogP contribution in [0.1, 0.15) is 15.9 Å². The molecule has 0 unspecified atom stereocenters. The maximum Gasteiger partial charge on any atom is 0.419 e. The quantitative estimate of drug-likeness (QED) is 0.660. The minimum absolute atomic E-state index is 0.215. The van der Waals surface area contributed by atoms with Crippen LogP contribution in [0, 0.1) is 11.9 Å². The van der Waals surface area contributed by atoms with Gasteiger partial charge in [-0.15, -0.1) is 0 Å². The van der Waals surface area contributed by atoms with Crippen LogP contribution in [-0.2, 0) is 13.2 Å². The number of aromatic nitrogens is 1. The maximum absolute atomic E-state index is 13.3. The molecular weight excluding hydrogens is 366 g/mol. The van der Waals surface area contributed by atoms with E-state index >= 15 is 0 Å². The van der Waals surface area contributed by atoms with E-state index in [9.17, 15) is 27.2 Å². The number of fused-ring (bicyclic) bond motifs is 1. The highest BCUT2D eigenvalue weighted by Crippen LogP contribution is 2.33. The molecule has 0 aliphatic carbocycles. The molecule has 0 saturated carbocycles. The molecule has 3 amide bonds. The number of urea groups is 1. The predicted octanol–water partition coefficient (Wildman–Crippen LogP) is 4.10. The number of nitrogens with zero attached hydrogens (tertiary/aromatic N) is 1. The molecule has 0 bridgehead atoms. The Bertz CT molecular complexity index is 1040. The van der Waals surface area contributed by atoms with Crippen molar-refractivity contribution in [1.82, 2.24) is 9.88 Å². The predicted molar refractivity (Wildman–Crippen MR) is 89.6 cm³/mol. The number of alkyl halides is 3. The highest BCUT2D eigenvalue weighted by molar-refractivity contribution is 6.13. The molecular formula is C18H12F4N3O2. The van der Waals surface area contributed by atoms with Gasteiger partial charge in [0.2, 0.25) is 0 Å². The van der Waals surface area contributed by atoms with E-state index < -0.39 is 29.5 Å². The van der Waals surface area contributed by atoms with Gasteiger partial charge in [-0.2, -0.15) is 13.2 Å². The van der Waals surface area contributed by atoms with Crippen LogP contribution in [0.4, 0.5) is 28.0 Å². The van der Waals surface area contributed by atoms with Crippen molar-refractivity contribution in [1.29, 1.82) is 0 Å². The van der Waals surface area contributed by atoms with Crippen molar-refractivity contribution in [3.63, 3.8) is 0 Å². The monoisotopic (exact) mass is 378 g/mol. The molecule has 139 valence electrons. The zero-order valence-corrected chi connectivity index (χ0v) is 13.8. The number of halogens is 4. The van der Waals surface area contributed by atoms with Crippen molar-refractivity contribution in [2.75, 3.05) is 5.32 Å². The van der Waals surface area contributed by atoms with E-state index in [2.05, 4.69) is 11.4 Å². The number of benzene rings is 2. The summed E-state index contributed by atoms with van der Waals surface area (Å²) in [5.74, 6) is -2.19. The average molecular weight is 378 g/mol. The molecule has 3 aromatic rings. The maximum atomic E-state index is 13.3. The van der Waals surface area contributed by atoms with Gasteiger partial charge in [0.15, 0.2) is 0 Å². The normalized spacial score (nSPS) is 11.4. The van der Waals surface area contributed by atoms with Gasteiger partial charge in [0.05, 0.1) is 11.1 Å². The highest BCUT2D eigenvalue weighted by atomic mass is 19.4. The number of amides is 3. The first kappa shape index (κ1) is 18.4. The molecule has 5 nitrogen and oxygen atoms in total. The zero-order valence-electron chi connectivity index (χ0n) is 13.8. The Labute approximate surface area is 150 Å². The molecule has 1 radical (unpaired) electrons. The topological polar surface area (TPSA) is 63.1 Å². The van der Waals surface area contributed by atoms with Gasteiger partial charge in [-0.1, -0.05) is 12.1 Å². The van der Waals surface area contributed by atoms with Gasteiger partial charge in [0.1, 0.15) is 5.82 Å². The molecule has 27 heavy (non-hydrogen) atoms. The Morgan fingerprint density at radius 2 is 1.93 bits per heavy atom. The molecule has 2 aromatic carbocycles. The third kappa shape index (κ3) is 3.76. The van der Waals surface area contributed by atoms with Crippen molar-refractivity contribution in [2.45, 2.75) is 6.18 Å². The SMILES string of the molecule is Cn1cc(C(=O)NC(=O)Nc2ccc(F)c(C(F)(F)F)c2)c2cc[c]cc21. The minimum Gasteiger partial charge on any atom is -0.350 e. The fourth-order valence-electron chi connectivity index (χ4n) is 2.61. The third-order valence-electron chi connectivity index (χ3n) is 3.84. The number of carbonyl (C=O) groups is 2. The van der Waals surface area contributed by atoms with Crippen molar-refractivity contribution in [3.05, 3.63) is 65.6 Å². The summed E-state index contributed by atoms with van der Waals surface area (Å²) in [7, 11) is 1.71. The van der Waals surface area contributed by atoms with E-state index in [1.165, 1.54) is 6.20 Å². The summed E-state index contributed by atoms with van der Waals surface area (Å²) >= 11 is 0. The Balaban J connectivity index is 1.77. The lowest BCUT2D eigenvalue weighted by Gasteiger charge is -2.11. The molecule has 1 heterocycles. The van der Waals surface area contributed by atoms with Gasteiger partial charge in [-0.3, -0.25) is 10.1 Å². The van der Waals surface area contributed by atoms with E-state index in [-0.39, 0.29) is 11.3 Å². The van der Waals surface area contributed by atoms with E-state index in [0.717, 1.165) is 11.6 Å². The number of aryl methyl sites for hydroxylation is 1. The molecule has 0 aliphatic heterocycles. The number of carbonyl (C=O) groups excluding carboxylic acids is 2. The summed E-state index contributed by atoms with van der Waals surface area (Å²) in [6, 6.07) is 8.75. The number of anilines is 1. The zero-order chi connectivity index (χ0) is 19.8. The Kier molecular flexibility index (Phi) is 4.61. The van der Waals surface area contributed by atoms with Crippen LogP contribution < -0.4 is 10.6 Å². The van der Waals surface area contributed by atoms with Gasteiger partial charge in [-0.05, 0) is 30.3 Å². The Morgan fingerprint density at radius 1 is 1.19 bits per heavy atom. The Morgan fingerprint density at radius 3 is 2.63 bits per heavy atom. The van der Waals surface area contributed by atoms with E-state index in [1.54, 1.807) is 29.8 Å². The van der Waals surface area contributed by atoms with Crippen LogP contribution in [0.25, 0.3) is 10.9 Å². The van der Waals surface area contributed by atoms with Crippen LogP contribution >= 0.6 is 0 Å². The van der Waals surface area contributed by atoms with Crippen LogP contribution in [0.5, 0.6) is 0 Å². The van der Waals surface area contributed by atoms with Crippen LogP contribution in [0.15, 0.2) is 42.6 Å². The smallest absolute Gasteiger partial charge is 0.350 e. The van der Waals surface area contributed by atoms with Crippen molar-refractivity contribution in [2.24, 2.45) is 7.05 Å². The second-order valence-corrected chi connectivity index (χ2v) is 5.70. The largest absolute Gasteiger partial charge is 0.419 e. The summed E-state index contributed by atoms with van der Waals surface area (Å²) in [5.41, 5.74) is -0.887. The van der Waals surface area contributed by atoms with Crippen LogP contribution in [0.2, 0.25) is 0 Å². The van der Waals surface area contributed by atoms with Crippen LogP contribution in [-0.4, -0.2) is 16.5 Å². The highest BCUT2D eigenvalue weighted by Gasteiger charge is 2.34. The fourth-order valence-corrected chi connectivity index (χ4v) is 2.61. The summed E-state index contributed by atoms with van der Waals surface area (Å²) in [4.78, 5) is 24.3. The standard InChI is InChI=1S/C18H12F4N3O2/c1-25-9-12(11-4-2-3-5-15(11)25)16(26)24-17(27)23-10-6-7-14(19)13(8-10)18(20,21)22/h2,4-9H,1H3,(H2,23,24,26,27). The molecule has 0 spiro atoms. The molecule has 0 saturated heterocycles. The van der Waals surface area contributed by atoms with E-state index in [0.29, 0.717) is 17.5 Å². The van der Waals surface area contributed by atoms with Gasteiger partial charge >= 0.3 is 12.2 Å². The first-order valence-corrected chi connectivity index (χ1v) is 7.61. The summed E-state index contributed by atoms with van der Waals surface area (Å²) in [6.07, 6.45) is -3.39. The summed E-state index contributed by atoms with van der Waals surface area (Å²) < 4.78 is 53.1. The minimum atomic E-state index is -4.91. The molecule has 1 aromatic heterocycles. The van der Waals surface area contributed by atoms with Crippen molar-refractivity contribution >= 4 is 28.5 Å². The van der Waals surface area contributed by atoms with Gasteiger partial charge in [0, 0.05) is 29.8 Å². The number of imide groups is 1. The Hall–Kier alpha value is -3.36. The second-order valence-electron chi connectivity index (χ2n) is 5.70. The average Bonchev–Trinajstić information content (AvgIpc) is 2.93. The summed E-state index contributed by atoms with van der Waals surface area (Å²) in [5, 5.41) is 4.71. The lowest BCUT2D eigenvalue weighted by atomic mass is 10.1. The lowest BCUT2D eigenvalue weighted by molar-refractivity contribution is -0.139. The second kappa shape index (κ2) is 6.75. The molecule has 0 fully saturated rings. The van der Waals surface area contributed by atoms with Crippen LogP contribution in [0.3, 0.4) is 0 Å². The van der Waals surface area contributed by atoms with Gasteiger partial charge in [-0.25, -0.2) is 9.18 Å². The van der Waals surface area contributed by atoms with E-state index in [4.69, 9.17) is 0 Å². The summed E-state index contributed by atoms with van der Waals surface area (Å²) in [6.45, 7) is 0. The molecule has 0 aliphatic rings. The van der Waals surface area contributed by atoms with Crippen molar-refractivity contribution < 1.29 is 27.2 Å². The van der Waals surface area contributed by atoms with E-state index in [1.807, 2.05) is 5.32 Å². The molecule has 2 N–H and O–H groups in total.